The smallest absolute Gasteiger partial charge is 0.292 e. The highest BCUT2D eigenvalue weighted by Gasteiger charge is 2.23. The molecule has 0 unspecified atom stereocenters. The number of imide groups is 1. The third-order valence-corrected chi connectivity index (χ3v) is 4.21. The first kappa shape index (κ1) is 20.2. The Hall–Kier alpha value is -3.55. The minimum atomic E-state index is -0.645. The van der Waals surface area contributed by atoms with Crippen LogP contribution in [0.4, 0.5) is 10.6 Å². The molecule has 3 amide bonds. The number of aromatic nitrogens is 4. The van der Waals surface area contributed by atoms with E-state index in [1.165, 1.54) is 0 Å². The van der Waals surface area contributed by atoms with E-state index in [0.717, 1.165) is 22.4 Å². The van der Waals surface area contributed by atoms with Crippen molar-refractivity contribution >= 4 is 17.8 Å². The van der Waals surface area contributed by atoms with Crippen molar-refractivity contribution in [3.63, 3.8) is 0 Å². The molecule has 0 fully saturated rings. The standard InChI is InChI=1S/C21H24N6O2/c1-21(2,3)19(28)26-20(29)25-18-6-5-15(11-23-18)9-14-7-8-22-17(10-14)16-12-24-27(4)13-16/h5-8,10-13H,9H2,1-4H3,(H2,23,25,26,28,29). The number of amides is 3. The SMILES string of the molecule is Cn1cc(-c2cc(Cc3ccc(NC(=O)NC(=O)C(C)(C)C)nc3)ccn2)cn1. The minimum absolute atomic E-state index is 0.353. The zero-order valence-electron chi connectivity index (χ0n) is 16.9. The van der Waals surface area contributed by atoms with Gasteiger partial charge in [-0.25, -0.2) is 9.78 Å². The van der Waals surface area contributed by atoms with Crippen LogP contribution in [0.3, 0.4) is 0 Å². The molecule has 150 valence electrons. The number of nitrogens with zero attached hydrogens (tertiary/aromatic N) is 4. The predicted octanol–water partition coefficient (Wildman–Crippen LogP) is 3.16. The van der Waals surface area contributed by atoms with Crippen LogP contribution in [0.25, 0.3) is 11.3 Å². The molecule has 29 heavy (non-hydrogen) atoms. The van der Waals surface area contributed by atoms with E-state index in [1.54, 1.807) is 50.1 Å². The molecule has 3 rings (SSSR count). The zero-order chi connectivity index (χ0) is 21.0. The van der Waals surface area contributed by atoms with Gasteiger partial charge >= 0.3 is 6.03 Å². The van der Waals surface area contributed by atoms with Crippen LogP contribution in [-0.4, -0.2) is 31.7 Å². The second-order valence-corrected chi connectivity index (χ2v) is 7.84. The van der Waals surface area contributed by atoms with Crippen molar-refractivity contribution in [2.45, 2.75) is 27.2 Å². The van der Waals surface area contributed by atoms with Gasteiger partial charge in [-0.1, -0.05) is 26.8 Å². The predicted molar refractivity (Wildman–Crippen MR) is 110 cm³/mol. The largest absolute Gasteiger partial charge is 0.327 e. The Bertz CT molecular complexity index is 1020. The summed E-state index contributed by atoms with van der Waals surface area (Å²) < 4.78 is 1.74. The van der Waals surface area contributed by atoms with E-state index < -0.39 is 11.4 Å². The summed E-state index contributed by atoms with van der Waals surface area (Å²) in [7, 11) is 1.87. The Morgan fingerprint density at radius 2 is 1.86 bits per heavy atom. The number of carbonyl (C=O) groups excluding carboxylic acids is 2. The Labute approximate surface area is 169 Å². The summed E-state index contributed by atoms with van der Waals surface area (Å²) in [5, 5.41) is 9.05. The fourth-order valence-corrected chi connectivity index (χ4v) is 2.57. The van der Waals surface area contributed by atoms with Gasteiger partial charge in [0, 0.05) is 36.6 Å². The van der Waals surface area contributed by atoms with Crippen molar-refractivity contribution in [3.05, 3.63) is 60.2 Å². The molecule has 8 nitrogen and oxygen atoms in total. The van der Waals surface area contributed by atoms with E-state index in [-0.39, 0.29) is 5.91 Å². The number of urea groups is 1. The monoisotopic (exact) mass is 392 g/mol. The molecule has 0 aliphatic rings. The second-order valence-electron chi connectivity index (χ2n) is 7.84. The van der Waals surface area contributed by atoms with E-state index in [9.17, 15) is 9.59 Å². The average molecular weight is 392 g/mol. The summed E-state index contributed by atoms with van der Waals surface area (Å²) >= 11 is 0. The molecule has 3 heterocycles. The normalized spacial score (nSPS) is 11.2. The van der Waals surface area contributed by atoms with Gasteiger partial charge < -0.3 is 0 Å². The summed E-state index contributed by atoms with van der Waals surface area (Å²) in [4.78, 5) is 32.4. The third-order valence-electron chi connectivity index (χ3n) is 4.21. The van der Waals surface area contributed by atoms with Gasteiger partial charge in [-0.2, -0.15) is 5.10 Å². The number of nitrogens with one attached hydrogen (secondary N) is 2. The summed E-state index contributed by atoms with van der Waals surface area (Å²) in [5.41, 5.74) is 3.26. The summed E-state index contributed by atoms with van der Waals surface area (Å²) in [6, 6.07) is 6.98. The number of hydrogen-bond donors (Lipinski definition) is 2. The van der Waals surface area contributed by atoms with Crippen molar-refractivity contribution in [2.24, 2.45) is 12.5 Å². The molecular formula is C21H24N6O2. The van der Waals surface area contributed by atoms with Crippen molar-refractivity contribution in [2.75, 3.05) is 5.32 Å². The van der Waals surface area contributed by atoms with Crippen LogP contribution in [0.5, 0.6) is 0 Å². The van der Waals surface area contributed by atoms with Crippen molar-refractivity contribution in [1.29, 1.82) is 0 Å². The van der Waals surface area contributed by atoms with Crippen molar-refractivity contribution in [1.82, 2.24) is 25.1 Å². The lowest BCUT2D eigenvalue weighted by atomic mass is 9.96. The Kier molecular flexibility index (Phi) is 5.72. The molecule has 0 aliphatic heterocycles. The van der Waals surface area contributed by atoms with E-state index >= 15 is 0 Å². The Morgan fingerprint density at radius 3 is 2.48 bits per heavy atom. The average Bonchev–Trinajstić information content (AvgIpc) is 3.09. The van der Waals surface area contributed by atoms with Gasteiger partial charge in [0.05, 0.1) is 11.9 Å². The molecule has 0 saturated carbocycles. The number of aryl methyl sites for hydroxylation is 1. The molecule has 0 aromatic carbocycles. The van der Waals surface area contributed by atoms with Gasteiger partial charge in [-0.3, -0.25) is 25.1 Å². The molecule has 3 aromatic rings. The number of pyridine rings is 2. The number of anilines is 1. The maximum absolute atomic E-state index is 11.9. The van der Waals surface area contributed by atoms with Crippen LogP contribution in [0.15, 0.2) is 49.1 Å². The van der Waals surface area contributed by atoms with Gasteiger partial charge in [0.15, 0.2) is 0 Å². The zero-order valence-corrected chi connectivity index (χ0v) is 16.9. The van der Waals surface area contributed by atoms with Crippen LogP contribution in [0.2, 0.25) is 0 Å². The fourth-order valence-electron chi connectivity index (χ4n) is 2.57. The van der Waals surface area contributed by atoms with Gasteiger partial charge in [0.1, 0.15) is 5.82 Å². The molecule has 0 saturated heterocycles. The number of carbonyl (C=O) groups is 2. The summed E-state index contributed by atoms with van der Waals surface area (Å²) in [6.07, 6.45) is 7.86. The van der Waals surface area contributed by atoms with Gasteiger partial charge in [0.25, 0.3) is 0 Å². The topological polar surface area (TPSA) is 102 Å². The lowest BCUT2D eigenvalue weighted by molar-refractivity contribution is -0.127. The molecule has 0 atom stereocenters. The van der Waals surface area contributed by atoms with Gasteiger partial charge in [-0.15, -0.1) is 0 Å². The first-order valence-electron chi connectivity index (χ1n) is 9.22. The maximum Gasteiger partial charge on any atom is 0.327 e. The fraction of sp³-hybridized carbons (Fsp3) is 0.286. The van der Waals surface area contributed by atoms with E-state index in [0.29, 0.717) is 12.2 Å². The van der Waals surface area contributed by atoms with Gasteiger partial charge in [-0.05, 0) is 35.7 Å². The highest BCUT2D eigenvalue weighted by Crippen LogP contribution is 2.19. The number of hydrogen-bond acceptors (Lipinski definition) is 5. The molecule has 8 heteroatoms. The summed E-state index contributed by atoms with van der Waals surface area (Å²) in [6.45, 7) is 5.21. The van der Waals surface area contributed by atoms with Crippen molar-refractivity contribution < 1.29 is 9.59 Å². The second kappa shape index (κ2) is 8.22. The summed E-state index contributed by atoms with van der Waals surface area (Å²) in [5.74, 6) is 0.0208. The van der Waals surface area contributed by atoms with E-state index in [1.807, 2.05) is 31.4 Å². The molecule has 0 bridgehead atoms. The first-order valence-corrected chi connectivity index (χ1v) is 9.22. The molecular weight excluding hydrogens is 368 g/mol. The molecule has 0 radical (unpaired) electrons. The quantitative estimate of drug-likeness (QED) is 0.710. The molecule has 3 aromatic heterocycles. The van der Waals surface area contributed by atoms with Crippen LogP contribution in [0, 0.1) is 5.41 Å². The maximum atomic E-state index is 11.9. The molecule has 0 aliphatic carbocycles. The van der Waals surface area contributed by atoms with Crippen LogP contribution >= 0.6 is 0 Å². The van der Waals surface area contributed by atoms with E-state index in [2.05, 4.69) is 25.7 Å². The van der Waals surface area contributed by atoms with E-state index in [4.69, 9.17) is 0 Å². The Balaban J connectivity index is 1.62. The Morgan fingerprint density at radius 1 is 1.07 bits per heavy atom. The lowest BCUT2D eigenvalue weighted by Gasteiger charge is -2.16. The van der Waals surface area contributed by atoms with Gasteiger partial charge in [0.2, 0.25) is 5.91 Å². The van der Waals surface area contributed by atoms with Crippen LogP contribution in [0.1, 0.15) is 31.9 Å². The van der Waals surface area contributed by atoms with Crippen LogP contribution < -0.4 is 10.6 Å². The molecule has 2 N–H and O–H groups in total. The highest BCUT2D eigenvalue weighted by atomic mass is 16.2. The number of rotatable bonds is 4. The third kappa shape index (κ3) is 5.47. The van der Waals surface area contributed by atoms with Crippen molar-refractivity contribution in [3.8, 4) is 11.3 Å². The lowest BCUT2D eigenvalue weighted by Crippen LogP contribution is -2.41. The molecule has 0 spiro atoms. The van der Waals surface area contributed by atoms with Crippen LogP contribution in [-0.2, 0) is 18.3 Å². The minimum Gasteiger partial charge on any atom is -0.292 e. The first-order chi connectivity index (χ1) is 13.7. The highest BCUT2D eigenvalue weighted by molar-refractivity contribution is 6.02.